The summed E-state index contributed by atoms with van der Waals surface area (Å²) in [6.45, 7) is 3.07. The number of hydrogen-bond donors (Lipinski definition) is 1. The molecule has 0 spiro atoms. The van der Waals surface area contributed by atoms with Gasteiger partial charge in [-0.3, -0.25) is 14.3 Å². The quantitative estimate of drug-likeness (QED) is 0.428. The molecular formula is C22H21N3O6S. The smallest absolute Gasteiger partial charge is 0.363 e. The van der Waals surface area contributed by atoms with Crippen molar-refractivity contribution < 1.29 is 22.7 Å². The molecule has 166 valence electrons. The number of ketones is 1. The summed E-state index contributed by atoms with van der Waals surface area (Å²) in [5.41, 5.74) is 0.639. The molecule has 3 rings (SSSR count). The van der Waals surface area contributed by atoms with E-state index in [0.717, 1.165) is 6.26 Å². The summed E-state index contributed by atoms with van der Waals surface area (Å²) in [6, 6.07) is 15.9. The molecule has 1 N–H and O–H groups in total. The summed E-state index contributed by atoms with van der Waals surface area (Å²) < 4.78 is 31.5. The van der Waals surface area contributed by atoms with E-state index in [1.807, 2.05) is 6.07 Å². The number of esters is 1. The number of rotatable bonds is 7. The highest BCUT2D eigenvalue weighted by molar-refractivity contribution is 7.92. The first kappa shape index (κ1) is 22.9. The van der Waals surface area contributed by atoms with Gasteiger partial charge in [0, 0.05) is 23.0 Å². The molecule has 0 amide bonds. The van der Waals surface area contributed by atoms with Crippen LogP contribution in [0.15, 0.2) is 65.5 Å². The summed E-state index contributed by atoms with van der Waals surface area (Å²) in [5, 5.41) is 4.13. The van der Waals surface area contributed by atoms with E-state index in [0.29, 0.717) is 17.1 Å². The molecule has 0 fully saturated rings. The molecule has 32 heavy (non-hydrogen) atoms. The Morgan fingerprint density at radius 3 is 2.28 bits per heavy atom. The van der Waals surface area contributed by atoms with Crippen LogP contribution in [-0.2, 0) is 14.8 Å². The Kier molecular flexibility index (Phi) is 6.54. The van der Waals surface area contributed by atoms with Gasteiger partial charge < -0.3 is 4.74 Å². The number of aryl methyl sites for hydroxylation is 1. The predicted octanol–water partition coefficient (Wildman–Crippen LogP) is 2.34. The first-order valence-electron chi connectivity index (χ1n) is 9.54. The Hall–Kier alpha value is -3.79. The molecule has 0 aliphatic heterocycles. The predicted molar refractivity (Wildman–Crippen MR) is 119 cm³/mol. The summed E-state index contributed by atoms with van der Waals surface area (Å²) in [4.78, 5) is 37.5. The van der Waals surface area contributed by atoms with Gasteiger partial charge in [-0.1, -0.05) is 18.2 Å². The number of sulfonamides is 1. The minimum absolute atomic E-state index is 0.211. The summed E-state index contributed by atoms with van der Waals surface area (Å²) in [6.07, 6.45) is -0.178. The van der Waals surface area contributed by atoms with Gasteiger partial charge in [-0.05, 0) is 50.2 Å². The normalized spacial score (nSPS) is 12.1. The second kappa shape index (κ2) is 9.15. The molecule has 1 unspecified atom stereocenters. The summed E-state index contributed by atoms with van der Waals surface area (Å²) >= 11 is 0. The molecule has 1 atom stereocenters. The highest BCUT2D eigenvalue weighted by Gasteiger charge is 2.24. The molecule has 2 aromatic carbocycles. The fourth-order valence-corrected chi connectivity index (χ4v) is 3.50. The molecule has 0 saturated carbocycles. The number of carbonyl (C=O) groups excluding carboxylic acids is 2. The van der Waals surface area contributed by atoms with Gasteiger partial charge in [0.05, 0.1) is 11.9 Å². The van der Waals surface area contributed by atoms with Gasteiger partial charge in [-0.15, -0.1) is 0 Å². The van der Waals surface area contributed by atoms with Crippen molar-refractivity contribution in [3.63, 3.8) is 0 Å². The highest BCUT2D eigenvalue weighted by atomic mass is 32.2. The number of para-hydroxylation sites is 1. The minimum atomic E-state index is -3.45. The molecule has 9 nitrogen and oxygen atoms in total. The van der Waals surface area contributed by atoms with Crippen LogP contribution in [0.3, 0.4) is 0 Å². The Balaban J connectivity index is 1.78. The zero-order valence-corrected chi connectivity index (χ0v) is 18.4. The van der Waals surface area contributed by atoms with Gasteiger partial charge in [0.25, 0.3) is 0 Å². The first-order chi connectivity index (χ1) is 15.0. The van der Waals surface area contributed by atoms with Crippen LogP contribution in [-0.4, -0.2) is 42.3 Å². The van der Waals surface area contributed by atoms with Crippen LogP contribution in [0.2, 0.25) is 0 Å². The Morgan fingerprint density at radius 1 is 1.06 bits per heavy atom. The molecule has 0 bridgehead atoms. The molecule has 0 aliphatic rings. The molecule has 10 heteroatoms. The number of nitrogens with one attached hydrogen (secondary N) is 1. The van der Waals surface area contributed by atoms with E-state index in [2.05, 4.69) is 9.82 Å². The van der Waals surface area contributed by atoms with Crippen molar-refractivity contribution in [1.29, 1.82) is 0 Å². The number of anilines is 1. The second-order valence-corrected chi connectivity index (χ2v) is 8.86. The monoisotopic (exact) mass is 455 g/mol. The standard InChI is InChI=1S/C22H21N3O6S/c1-14-13-19(26)20(23-25(14)18-7-5-4-6-8-18)22(28)31-15(2)21(27)16-9-11-17(12-10-16)24-32(3,29)30/h4-13,15,24H,1-3H3. The van der Waals surface area contributed by atoms with Crippen LogP contribution >= 0.6 is 0 Å². The lowest BCUT2D eigenvalue weighted by atomic mass is 10.1. The number of nitrogens with zero attached hydrogens (tertiary/aromatic N) is 2. The summed E-state index contributed by atoms with van der Waals surface area (Å²) in [5.74, 6) is -1.53. The molecule has 0 aliphatic carbocycles. The number of carbonyl (C=O) groups is 2. The Labute approximate surface area is 184 Å². The number of hydrogen-bond acceptors (Lipinski definition) is 7. The molecule has 1 heterocycles. The molecular weight excluding hydrogens is 434 g/mol. The van der Waals surface area contributed by atoms with E-state index in [1.54, 1.807) is 31.2 Å². The zero-order chi connectivity index (χ0) is 23.5. The van der Waals surface area contributed by atoms with Gasteiger partial charge in [-0.25, -0.2) is 17.9 Å². The van der Waals surface area contributed by atoms with Crippen molar-refractivity contribution >= 4 is 27.5 Å². The lowest BCUT2D eigenvalue weighted by Gasteiger charge is -2.14. The number of ether oxygens (including phenoxy) is 1. The van der Waals surface area contributed by atoms with E-state index in [1.165, 1.54) is 41.9 Å². The number of Topliss-reactive ketones (excluding diaryl/α,β-unsaturated/α-hetero) is 1. The maximum absolute atomic E-state index is 12.6. The fourth-order valence-electron chi connectivity index (χ4n) is 2.94. The van der Waals surface area contributed by atoms with Crippen LogP contribution in [0.1, 0.15) is 33.5 Å². The molecule has 1 aromatic heterocycles. The van der Waals surface area contributed by atoms with Crippen LogP contribution in [0, 0.1) is 6.92 Å². The summed E-state index contributed by atoms with van der Waals surface area (Å²) in [7, 11) is -3.45. The first-order valence-corrected chi connectivity index (χ1v) is 11.4. The van der Waals surface area contributed by atoms with Crippen LogP contribution < -0.4 is 10.2 Å². The molecule has 0 radical (unpaired) electrons. The van der Waals surface area contributed by atoms with Crippen molar-refractivity contribution in [3.8, 4) is 5.69 Å². The SMILES string of the molecule is Cc1cc(=O)c(C(=O)OC(C)C(=O)c2ccc(NS(C)(=O)=O)cc2)nn1-c1ccccc1. The van der Waals surface area contributed by atoms with E-state index >= 15 is 0 Å². The highest BCUT2D eigenvalue weighted by Crippen LogP contribution is 2.14. The number of benzene rings is 2. The average molecular weight is 455 g/mol. The van der Waals surface area contributed by atoms with Crippen molar-refractivity contribution in [1.82, 2.24) is 9.78 Å². The maximum Gasteiger partial charge on any atom is 0.363 e. The third-order valence-electron chi connectivity index (χ3n) is 4.43. The molecule has 3 aromatic rings. The van der Waals surface area contributed by atoms with Crippen molar-refractivity contribution in [2.24, 2.45) is 0 Å². The maximum atomic E-state index is 12.6. The largest absolute Gasteiger partial charge is 0.449 e. The third-order valence-corrected chi connectivity index (χ3v) is 5.03. The van der Waals surface area contributed by atoms with Crippen molar-refractivity contribution in [2.45, 2.75) is 20.0 Å². The topological polar surface area (TPSA) is 124 Å². The van der Waals surface area contributed by atoms with Crippen LogP contribution in [0.4, 0.5) is 5.69 Å². The zero-order valence-electron chi connectivity index (χ0n) is 17.6. The van der Waals surface area contributed by atoms with Gasteiger partial charge in [-0.2, -0.15) is 5.10 Å². The third kappa shape index (κ3) is 5.46. The van der Waals surface area contributed by atoms with Gasteiger partial charge in [0.15, 0.2) is 6.10 Å². The molecule has 0 saturated heterocycles. The van der Waals surface area contributed by atoms with Crippen LogP contribution in [0.5, 0.6) is 0 Å². The Bertz CT molecular complexity index is 1320. The second-order valence-electron chi connectivity index (χ2n) is 7.11. The van der Waals surface area contributed by atoms with Gasteiger partial charge in [0.1, 0.15) is 0 Å². The van der Waals surface area contributed by atoms with Crippen molar-refractivity contribution in [2.75, 3.05) is 11.0 Å². The van der Waals surface area contributed by atoms with E-state index in [9.17, 15) is 22.8 Å². The number of aromatic nitrogens is 2. The van der Waals surface area contributed by atoms with Crippen LogP contribution in [0.25, 0.3) is 5.69 Å². The van der Waals surface area contributed by atoms with E-state index in [-0.39, 0.29) is 5.56 Å². The van der Waals surface area contributed by atoms with Gasteiger partial charge in [0.2, 0.25) is 26.9 Å². The van der Waals surface area contributed by atoms with Gasteiger partial charge >= 0.3 is 5.97 Å². The average Bonchev–Trinajstić information content (AvgIpc) is 2.73. The van der Waals surface area contributed by atoms with Crippen molar-refractivity contribution in [3.05, 3.63) is 87.8 Å². The van der Waals surface area contributed by atoms with E-state index < -0.39 is 39.0 Å². The Morgan fingerprint density at radius 2 is 1.69 bits per heavy atom. The fraction of sp³-hybridized carbons (Fsp3) is 0.182. The lowest BCUT2D eigenvalue weighted by Crippen LogP contribution is -2.29. The van der Waals surface area contributed by atoms with E-state index in [4.69, 9.17) is 4.74 Å². The lowest BCUT2D eigenvalue weighted by molar-refractivity contribution is 0.0310. The minimum Gasteiger partial charge on any atom is -0.449 e.